The number of nitrogen functional groups attached to an aromatic ring is 1. The Morgan fingerprint density at radius 2 is 2.18 bits per heavy atom. The number of nitrogens with zero attached hydrogens (tertiary/aromatic N) is 3. The Morgan fingerprint density at radius 1 is 1.53 bits per heavy atom. The molecule has 1 aromatic rings. The number of aromatic nitrogens is 2. The van der Waals surface area contributed by atoms with Crippen LogP contribution in [0.5, 0.6) is 0 Å². The third-order valence-corrected chi connectivity index (χ3v) is 2.46. The lowest BCUT2D eigenvalue weighted by Crippen LogP contribution is -2.16. The van der Waals surface area contributed by atoms with E-state index in [9.17, 15) is 10.1 Å². The monoisotopic (exact) mass is 240 g/mol. The highest BCUT2D eigenvalue weighted by molar-refractivity contribution is 5.68. The maximum atomic E-state index is 10.9. The summed E-state index contributed by atoms with van der Waals surface area (Å²) in [5.41, 5.74) is 1.95. The molecule has 0 aliphatic rings. The van der Waals surface area contributed by atoms with Gasteiger partial charge in [-0.25, -0.2) is 15.8 Å². The lowest BCUT2D eigenvalue weighted by molar-refractivity contribution is -0.383. The van der Waals surface area contributed by atoms with Crippen molar-refractivity contribution in [2.45, 2.75) is 20.3 Å². The summed E-state index contributed by atoms with van der Waals surface area (Å²) in [7, 11) is 0. The molecule has 0 aromatic carbocycles. The van der Waals surface area contributed by atoms with Crippen molar-refractivity contribution >= 4 is 17.3 Å². The Labute approximate surface area is 98.8 Å². The molecule has 1 aromatic heterocycles. The molecule has 0 spiro atoms. The van der Waals surface area contributed by atoms with Gasteiger partial charge in [-0.1, -0.05) is 20.3 Å². The van der Waals surface area contributed by atoms with Crippen molar-refractivity contribution in [2.24, 2.45) is 11.8 Å². The first-order valence-electron chi connectivity index (χ1n) is 5.30. The van der Waals surface area contributed by atoms with Gasteiger partial charge in [0.05, 0.1) is 4.92 Å². The molecule has 1 atom stereocenters. The van der Waals surface area contributed by atoms with Crippen LogP contribution in [-0.4, -0.2) is 21.4 Å². The summed E-state index contributed by atoms with van der Waals surface area (Å²) in [5, 5.41) is 13.8. The summed E-state index contributed by atoms with van der Waals surface area (Å²) in [4.78, 5) is 17.9. The zero-order chi connectivity index (χ0) is 12.8. The molecule has 4 N–H and O–H groups in total. The van der Waals surface area contributed by atoms with Crippen LogP contribution in [0.2, 0.25) is 0 Å². The number of hydrogen-bond acceptors (Lipinski definition) is 7. The summed E-state index contributed by atoms with van der Waals surface area (Å²) in [6.45, 7) is 4.70. The van der Waals surface area contributed by atoms with Gasteiger partial charge in [0.1, 0.15) is 6.33 Å². The van der Waals surface area contributed by atoms with Crippen LogP contribution in [0.15, 0.2) is 6.33 Å². The molecule has 8 nitrogen and oxygen atoms in total. The standard InChI is InChI=1S/C9H16N6O2/c1-3-6(2)4-11-8-7(15(16)17)9(14-10)13-5-12-8/h5-6H,3-4,10H2,1-2H3,(H2,11,12,13,14). The average molecular weight is 240 g/mol. The molecule has 0 fully saturated rings. The van der Waals surface area contributed by atoms with Gasteiger partial charge in [-0.05, 0) is 5.92 Å². The van der Waals surface area contributed by atoms with Crippen LogP contribution in [0.4, 0.5) is 17.3 Å². The maximum Gasteiger partial charge on any atom is 0.354 e. The Morgan fingerprint density at radius 3 is 2.71 bits per heavy atom. The zero-order valence-electron chi connectivity index (χ0n) is 9.80. The van der Waals surface area contributed by atoms with Gasteiger partial charge < -0.3 is 10.7 Å². The summed E-state index contributed by atoms with van der Waals surface area (Å²) in [6, 6.07) is 0. The minimum absolute atomic E-state index is 0.00310. The second kappa shape index (κ2) is 5.94. The van der Waals surface area contributed by atoms with E-state index >= 15 is 0 Å². The van der Waals surface area contributed by atoms with Crippen molar-refractivity contribution in [3.05, 3.63) is 16.4 Å². The fraction of sp³-hybridized carbons (Fsp3) is 0.556. The van der Waals surface area contributed by atoms with Crippen LogP contribution in [0.1, 0.15) is 20.3 Å². The number of rotatable bonds is 6. The van der Waals surface area contributed by atoms with Crippen LogP contribution < -0.4 is 16.6 Å². The van der Waals surface area contributed by atoms with Crippen molar-refractivity contribution in [1.82, 2.24) is 9.97 Å². The van der Waals surface area contributed by atoms with E-state index in [1.54, 1.807) is 0 Å². The molecule has 8 heteroatoms. The van der Waals surface area contributed by atoms with Crippen LogP contribution >= 0.6 is 0 Å². The number of nitrogens with one attached hydrogen (secondary N) is 2. The maximum absolute atomic E-state index is 10.9. The van der Waals surface area contributed by atoms with Crippen molar-refractivity contribution < 1.29 is 4.92 Å². The molecule has 0 aliphatic heterocycles. The van der Waals surface area contributed by atoms with E-state index in [4.69, 9.17) is 5.84 Å². The molecule has 1 rings (SSSR count). The molecule has 17 heavy (non-hydrogen) atoms. The normalized spacial score (nSPS) is 11.9. The zero-order valence-corrected chi connectivity index (χ0v) is 9.80. The van der Waals surface area contributed by atoms with Crippen molar-refractivity contribution in [1.29, 1.82) is 0 Å². The topological polar surface area (TPSA) is 119 Å². The van der Waals surface area contributed by atoms with Gasteiger partial charge >= 0.3 is 5.69 Å². The number of anilines is 2. The number of hydrogen-bond donors (Lipinski definition) is 3. The Kier molecular flexibility index (Phi) is 4.58. The first-order valence-corrected chi connectivity index (χ1v) is 5.30. The number of nitro groups is 1. The summed E-state index contributed by atoms with van der Waals surface area (Å²) in [6.07, 6.45) is 2.20. The third-order valence-electron chi connectivity index (χ3n) is 2.46. The van der Waals surface area contributed by atoms with E-state index in [2.05, 4.69) is 20.7 Å². The van der Waals surface area contributed by atoms with Gasteiger partial charge in [0.15, 0.2) is 0 Å². The molecule has 0 saturated carbocycles. The summed E-state index contributed by atoms with van der Waals surface area (Å²) < 4.78 is 0. The molecule has 0 bridgehead atoms. The summed E-state index contributed by atoms with van der Waals surface area (Å²) >= 11 is 0. The number of hydrazine groups is 1. The minimum atomic E-state index is -0.561. The molecular formula is C9H16N6O2. The van der Waals surface area contributed by atoms with Crippen molar-refractivity contribution in [3.8, 4) is 0 Å². The van der Waals surface area contributed by atoms with Crippen molar-refractivity contribution in [3.63, 3.8) is 0 Å². The lowest BCUT2D eigenvalue weighted by atomic mass is 10.1. The minimum Gasteiger partial charge on any atom is -0.364 e. The second-order valence-electron chi connectivity index (χ2n) is 3.72. The van der Waals surface area contributed by atoms with Crippen LogP contribution in [-0.2, 0) is 0 Å². The average Bonchev–Trinajstić information content (AvgIpc) is 2.34. The van der Waals surface area contributed by atoms with Crippen molar-refractivity contribution in [2.75, 3.05) is 17.3 Å². The predicted molar refractivity (Wildman–Crippen MR) is 64.4 cm³/mol. The van der Waals surface area contributed by atoms with Gasteiger partial charge in [0, 0.05) is 6.54 Å². The molecule has 94 valence electrons. The van der Waals surface area contributed by atoms with Crippen LogP contribution in [0.3, 0.4) is 0 Å². The SMILES string of the molecule is CCC(C)CNc1ncnc(NN)c1[N+](=O)[O-]. The van der Waals surface area contributed by atoms with Gasteiger partial charge in [0.2, 0.25) is 11.6 Å². The van der Waals surface area contributed by atoms with E-state index in [-0.39, 0.29) is 17.3 Å². The predicted octanol–water partition coefficient (Wildman–Crippen LogP) is 1.13. The van der Waals surface area contributed by atoms with Crippen LogP contribution in [0, 0.1) is 16.0 Å². The highest BCUT2D eigenvalue weighted by Gasteiger charge is 2.22. The highest BCUT2D eigenvalue weighted by Crippen LogP contribution is 2.28. The first-order chi connectivity index (χ1) is 8.10. The molecular weight excluding hydrogens is 224 g/mol. The number of nitrogens with two attached hydrogens (primary N) is 1. The third kappa shape index (κ3) is 3.25. The van der Waals surface area contributed by atoms with Gasteiger partial charge in [-0.15, -0.1) is 0 Å². The molecule has 0 amide bonds. The van der Waals surface area contributed by atoms with E-state index in [1.165, 1.54) is 6.33 Å². The molecule has 0 saturated heterocycles. The van der Waals surface area contributed by atoms with E-state index in [1.807, 2.05) is 13.8 Å². The summed E-state index contributed by atoms with van der Waals surface area (Å²) in [5.74, 6) is 5.74. The molecule has 0 radical (unpaired) electrons. The fourth-order valence-electron chi connectivity index (χ4n) is 1.20. The largest absolute Gasteiger partial charge is 0.364 e. The fourth-order valence-corrected chi connectivity index (χ4v) is 1.20. The smallest absolute Gasteiger partial charge is 0.354 e. The van der Waals surface area contributed by atoms with E-state index in [0.29, 0.717) is 12.5 Å². The molecule has 0 aliphatic carbocycles. The van der Waals surface area contributed by atoms with Gasteiger partial charge in [0.25, 0.3) is 0 Å². The Bertz CT molecular complexity index is 397. The Balaban J connectivity index is 2.94. The van der Waals surface area contributed by atoms with Gasteiger partial charge in [-0.3, -0.25) is 10.1 Å². The van der Waals surface area contributed by atoms with E-state index < -0.39 is 4.92 Å². The quantitative estimate of drug-likeness (QED) is 0.387. The van der Waals surface area contributed by atoms with Crippen LogP contribution in [0.25, 0.3) is 0 Å². The highest BCUT2D eigenvalue weighted by atomic mass is 16.6. The first kappa shape index (κ1) is 13.1. The van der Waals surface area contributed by atoms with Gasteiger partial charge in [-0.2, -0.15) is 0 Å². The lowest BCUT2D eigenvalue weighted by Gasteiger charge is -2.11. The second-order valence-corrected chi connectivity index (χ2v) is 3.72. The molecule has 1 unspecified atom stereocenters. The Hall–Kier alpha value is -1.96. The van der Waals surface area contributed by atoms with E-state index in [0.717, 1.165) is 6.42 Å². The molecule has 1 heterocycles.